The van der Waals surface area contributed by atoms with E-state index in [1.807, 2.05) is 0 Å². The largest absolute Gasteiger partial charge is 0.226 e. The van der Waals surface area contributed by atoms with E-state index >= 15 is 0 Å². The van der Waals surface area contributed by atoms with Gasteiger partial charge in [0.15, 0.2) is 10.7 Å². The third-order valence-corrected chi connectivity index (χ3v) is 3.15. The number of thiol groups is 1. The summed E-state index contributed by atoms with van der Waals surface area (Å²) in [4.78, 5) is 0. The van der Waals surface area contributed by atoms with Crippen molar-refractivity contribution in [2.75, 3.05) is 5.75 Å². The molecule has 2 nitrogen and oxygen atoms in total. The second kappa shape index (κ2) is 2.55. The molecule has 8 heavy (non-hydrogen) atoms. The summed E-state index contributed by atoms with van der Waals surface area (Å²) >= 11 is 1.42. The van der Waals surface area contributed by atoms with Gasteiger partial charge in [0.05, 0.1) is 4.24 Å². The molecule has 1 aliphatic heterocycles. The minimum absolute atomic E-state index is 0.542. The van der Waals surface area contributed by atoms with Crippen LogP contribution in [0.5, 0.6) is 0 Å². The minimum atomic E-state index is -2.28. The molecular formula is C4H6O2S2. The molecule has 0 bridgehead atoms. The van der Waals surface area contributed by atoms with E-state index in [0.29, 0.717) is 4.24 Å². The van der Waals surface area contributed by atoms with Crippen molar-refractivity contribution in [3.63, 3.8) is 0 Å². The number of thioether (sulfide) groups is 1. The molecule has 1 rings (SSSR count). The van der Waals surface area contributed by atoms with Crippen LogP contribution in [-0.4, -0.2) is 14.2 Å². The number of rotatable bonds is 1. The van der Waals surface area contributed by atoms with Crippen molar-refractivity contribution < 1.29 is 8.42 Å². The molecule has 0 atom stereocenters. The van der Waals surface area contributed by atoms with Crippen LogP contribution in [0.3, 0.4) is 0 Å². The van der Waals surface area contributed by atoms with E-state index in [2.05, 4.69) is 0 Å². The topological polar surface area (TPSA) is 34.1 Å². The third-order valence-electron chi connectivity index (χ3n) is 0.867. The lowest BCUT2D eigenvalue weighted by Gasteiger charge is -1.81. The van der Waals surface area contributed by atoms with Crippen molar-refractivity contribution in [3.8, 4) is 0 Å². The second-order valence-corrected chi connectivity index (χ2v) is 3.87. The Labute approximate surface area is 53.9 Å². The number of hydrogen-bond acceptors (Lipinski definition) is 3. The first-order valence-electron chi connectivity index (χ1n) is 2.28. The SMILES string of the molecule is O=[SH](=O)C1=CCCS1. The van der Waals surface area contributed by atoms with Gasteiger partial charge in [-0.05, 0) is 6.42 Å². The molecule has 0 spiro atoms. The summed E-state index contributed by atoms with van der Waals surface area (Å²) in [5.41, 5.74) is 0. The van der Waals surface area contributed by atoms with Crippen LogP contribution < -0.4 is 0 Å². The molecule has 0 amide bonds. The number of hydrogen-bond donors (Lipinski definition) is 1. The van der Waals surface area contributed by atoms with Gasteiger partial charge in [0.1, 0.15) is 0 Å². The van der Waals surface area contributed by atoms with Gasteiger partial charge in [-0.3, -0.25) is 0 Å². The van der Waals surface area contributed by atoms with Gasteiger partial charge in [0.25, 0.3) is 0 Å². The van der Waals surface area contributed by atoms with Crippen LogP contribution in [0.15, 0.2) is 10.3 Å². The van der Waals surface area contributed by atoms with Gasteiger partial charge in [0, 0.05) is 5.75 Å². The van der Waals surface area contributed by atoms with Crippen molar-refractivity contribution >= 4 is 22.5 Å². The molecule has 1 heterocycles. The Balaban J connectivity index is 2.72. The van der Waals surface area contributed by atoms with E-state index in [-0.39, 0.29) is 0 Å². The lowest BCUT2D eigenvalue weighted by atomic mass is 10.5. The van der Waals surface area contributed by atoms with Crippen molar-refractivity contribution in [3.05, 3.63) is 10.3 Å². The zero-order valence-electron chi connectivity index (χ0n) is 4.16. The van der Waals surface area contributed by atoms with E-state index < -0.39 is 10.7 Å². The quantitative estimate of drug-likeness (QED) is 0.555. The van der Waals surface area contributed by atoms with Crippen LogP contribution in [0.25, 0.3) is 0 Å². The Kier molecular flexibility index (Phi) is 1.96. The summed E-state index contributed by atoms with van der Waals surface area (Å²) in [5.74, 6) is 0.929. The fourth-order valence-corrected chi connectivity index (χ4v) is 2.19. The Morgan fingerprint density at radius 3 is 2.62 bits per heavy atom. The van der Waals surface area contributed by atoms with Gasteiger partial charge in [-0.25, -0.2) is 8.42 Å². The molecule has 46 valence electrons. The fourth-order valence-electron chi connectivity index (χ4n) is 0.532. The fraction of sp³-hybridized carbons (Fsp3) is 0.500. The molecule has 0 aromatic heterocycles. The summed E-state index contributed by atoms with van der Waals surface area (Å²) in [6.45, 7) is 0. The smallest absolute Gasteiger partial charge is 0.173 e. The van der Waals surface area contributed by atoms with Crippen molar-refractivity contribution in [2.24, 2.45) is 0 Å². The number of allylic oxidation sites excluding steroid dienone is 1. The highest BCUT2D eigenvalue weighted by Crippen LogP contribution is 2.24. The Morgan fingerprint density at radius 2 is 2.38 bits per heavy atom. The van der Waals surface area contributed by atoms with Crippen LogP contribution >= 0.6 is 11.8 Å². The molecular weight excluding hydrogens is 144 g/mol. The lowest BCUT2D eigenvalue weighted by Crippen LogP contribution is -1.71. The summed E-state index contributed by atoms with van der Waals surface area (Å²) in [5, 5.41) is 0. The standard InChI is InChI=1S/C4H6O2S2/c5-8(6)4-2-1-3-7-4/h2,8H,1,3H2. The maximum Gasteiger partial charge on any atom is 0.173 e. The van der Waals surface area contributed by atoms with Crippen LogP contribution in [0.2, 0.25) is 0 Å². The lowest BCUT2D eigenvalue weighted by molar-refractivity contribution is 0.621. The molecule has 0 aromatic carbocycles. The second-order valence-electron chi connectivity index (χ2n) is 1.44. The van der Waals surface area contributed by atoms with Crippen LogP contribution in [0.4, 0.5) is 0 Å². The zero-order chi connectivity index (χ0) is 5.98. The van der Waals surface area contributed by atoms with Gasteiger partial charge >= 0.3 is 0 Å². The average molecular weight is 150 g/mol. The van der Waals surface area contributed by atoms with Crippen molar-refractivity contribution in [1.29, 1.82) is 0 Å². The summed E-state index contributed by atoms with van der Waals surface area (Å²) in [6.07, 6.45) is 2.67. The molecule has 0 saturated carbocycles. The highest BCUT2D eigenvalue weighted by molar-refractivity contribution is 8.13. The van der Waals surface area contributed by atoms with Crippen LogP contribution in [0.1, 0.15) is 6.42 Å². The zero-order valence-corrected chi connectivity index (χ0v) is 5.87. The van der Waals surface area contributed by atoms with Gasteiger partial charge in [-0.1, -0.05) is 6.08 Å². The molecule has 4 heteroatoms. The molecule has 0 fully saturated rings. The molecule has 0 unspecified atom stereocenters. The Bertz CT molecular complexity index is 172. The normalized spacial score (nSPS) is 19.4. The van der Waals surface area contributed by atoms with Gasteiger partial charge in [-0.15, -0.1) is 11.8 Å². The Hall–Kier alpha value is 0.0400. The maximum absolute atomic E-state index is 10.1. The first-order valence-corrected chi connectivity index (χ1v) is 4.44. The molecule has 0 aliphatic carbocycles. The Morgan fingerprint density at radius 1 is 1.62 bits per heavy atom. The maximum atomic E-state index is 10.1. The van der Waals surface area contributed by atoms with E-state index in [1.54, 1.807) is 6.08 Å². The molecule has 0 radical (unpaired) electrons. The van der Waals surface area contributed by atoms with Crippen molar-refractivity contribution in [1.82, 2.24) is 0 Å². The predicted octanol–water partition coefficient (Wildman–Crippen LogP) is 0.576. The van der Waals surface area contributed by atoms with Crippen molar-refractivity contribution in [2.45, 2.75) is 6.42 Å². The predicted molar refractivity (Wildman–Crippen MR) is 35.5 cm³/mol. The third kappa shape index (κ3) is 1.26. The van der Waals surface area contributed by atoms with Gasteiger partial charge in [0.2, 0.25) is 0 Å². The summed E-state index contributed by atoms with van der Waals surface area (Å²) in [7, 11) is -2.28. The first-order chi connectivity index (χ1) is 3.80. The highest BCUT2D eigenvalue weighted by Gasteiger charge is 2.05. The highest BCUT2D eigenvalue weighted by atomic mass is 32.2. The molecule has 1 aliphatic rings. The monoisotopic (exact) mass is 150 g/mol. The summed E-state index contributed by atoms with van der Waals surface area (Å²) < 4.78 is 20.8. The molecule has 0 saturated heterocycles. The van der Waals surface area contributed by atoms with Crippen LogP contribution in [-0.2, 0) is 10.7 Å². The average Bonchev–Trinajstić information content (AvgIpc) is 2.12. The van der Waals surface area contributed by atoms with Crippen LogP contribution in [0, 0.1) is 0 Å². The minimum Gasteiger partial charge on any atom is -0.226 e. The molecule has 0 N–H and O–H groups in total. The first kappa shape index (κ1) is 6.16. The van der Waals surface area contributed by atoms with Gasteiger partial charge < -0.3 is 0 Å². The van der Waals surface area contributed by atoms with E-state index in [0.717, 1.165) is 12.2 Å². The van der Waals surface area contributed by atoms with Gasteiger partial charge in [-0.2, -0.15) is 0 Å². The molecule has 0 aromatic rings. The summed E-state index contributed by atoms with van der Waals surface area (Å²) in [6, 6.07) is 0. The van der Waals surface area contributed by atoms with E-state index in [4.69, 9.17) is 0 Å². The van der Waals surface area contributed by atoms with E-state index in [1.165, 1.54) is 11.8 Å². The van der Waals surface area contributed by atoms with E-state index in [9.17, 15) is 8.42 Å².